The second-order valence-corrected chi connectivity index (χ2v) is 7.84. The number of fused-ring (bicyclic) bond motifs is 2. The highest BCUT2D eigenvalue weighted by Crippen LogP contribution is 2.39. The molecule has 0 aliphatic heterocycles. The van der Waals surface area contributed by atoms with Gasteiger partial charge in [0, 0.05) is 11.9 Å². The lowest BCUT2D eigenvalue weighted by molar-refractivity contribution is 0.0601. The number of anilines is 1. The molecule has 0 aromatic carbocycles. The molecular formula is C19H19N3O5S. The molecule has 0 spiro atoms. The van der Waals surface area contributed by atoms with Gasteiger partial charge in [0.05, 0.1) is 18.2 Å². The largest absolute Gasteiger partial charge is 0.465 e. The lowest BCUT2D eigenvalue weighted by atomic mass is 9.95. The molecule has 0 bridgehead atoms. The van der Waals surface area contributed by atoms with Gasteiger partial charge in [-0.3, -0.25) is 9.59 Å². The fourth-order valence-electron chi connectivity index (χ4n) is 3.60. The van der Waals surface area contributed by atoms with E-state index in [9.17, 15) is 14.4 Å². The smallest absolute Gasteiger partial charge is 0.341 e. The minimum Gasteiger partial charge on any atom is -0.465 e. The summed E-state index contributed by atoms with van der Waals surface area (Å²) in [6.07, 6.45) is 5.04. The minimum atomic E-state index is -0.509. The molecule has 1 N–H and O–H groups in total. The topological polar surface area (TPSA) is 103 Å². The maximum Gasteiger partial charge on any atom is 0.341 e. The number of furan rings is 1. The van der Waals surface area contributed by atoms with Crippen molar-refractivity contribution in [1.82, 2.24) is 9.55 Å². The molecule has 8 nitrogen and oxygen atoms in total. The Morgan fingerprint density at radius 3 is 2.79 bits per heavy atom. The first kappa shape index (κ1) is 18.4. The summed E-state index contributed by atoms with van der Waals surface area (Å²) in [5.74, 6) is -0.685. The summed E-state index contributed by atoms with van der Waals surface area (Å²) in [5, 5.41) is 3.38. The Balaban J connectivity index is 1.80. The van der Waals surface area contributed by atoms with Crippen LogP contribution in [0.25, 0.3) is 11.1 Å². The van der Waals surface area contributed by atoms with Crippen LogP contribution >= 0.6 is 11.3 Å². The lowest BCUT2D eigenvalue weighted by Gasteiger charge is -2.11. The van der Waals surface area contributed by atoms with Crippen molar-refractivity contribution < 1.29 is 18.7 Å². The highest BCUT2D eigenvalue weighted by Gasteiger charge is 2.29. The molecule has 3 aromatic rings. The van der Waals surface area contributed by atoms with E-state index in [0.29, 0.717) is 16.3 Å². The van der Waals surface area contributed by atoms with Crippen LogP contribution < -0.4 is 10.9 Å². The van der Waals surface area contributed by atoms with E-state index in [0.717, 1.165) is 36.1 Å². The van der Waals surface area contributed by atoms with E-state index >= 15 is 0 Å². The highest BCUT2D eigenvalue weighted by molar-refractivity contribution is 7.17. The van der Waals surface area contributed by atoms with Crippen LogP contribution in [0.3, 0.4) is 0 Å². The van der Waals surface area contributed by atoms with Gasteiger partial charge >= 0.3 is 5.97 Å². The molecule has 0 radical (unpaired) electrons. The van der Waals surface area contributed by atoms with Gasteiger partial charge in [0.2, 0.25) is 5.71 Å². The number of aryl methyl sites for hydroxylation is 3. The summed E-state index contributed by atoms with van der Waals surface area (Å²) in [6.45, 7) is 1.61. The van der Waals surface area contributed by atoms with Gasteiger partial charge < -0.3 is 19.0 Å². The first-order valence-corrected chi connectivity index (χ1v) is 9.73. The van der Waals surface area contributed by atoms with Crippen molar-refractivity contribution in [3.05, 3.63) is 44.0 Å². The molecule has 0 saturated carbocycles. The monoisotopic (exact) mass is 401 g/mol. The van der Waals surface area contributed by atoms with Gasteiger partial charge in [0.1, 0.15) is 22.5 Å². The zero-order valence-corrected chi connectivity index (χ0v) is 16.6. The number of aromatic nitrogens is 2. The van der Waals surface area contributed by atoms with E-state index in [1.54, 1.807) is 14.0 Å². The molecule has 3 aromatic heterocycles. The van der Waals surface area contributed by atoms with Crippen LogP contribution in [0.15, 0.2) is 15.5 Å². The Kier molecular flexibility index (Phi) is 4.54. The number of amides is 1. The quantitative estimate of drug-likeness (QED) is 0.677. The molecule has 0 fully saturated rings. The van der Waals surface area contributed by atoms with Gasteiger partial charge in [-0.2, -0.15) is 0 Å². The molecule has 1 amide bonds. The molecular weight excluding hydrogens is 382 g/mol. The van der Waals surface area contributed by atoms with Crippen LogP contribution in [0.5, 0.6) is 0 Å². The summed E-state index contributed by atoms with van der Waals surface area (Å²) in [7, 11) is 2.88. The van der Waals surface area contributed by atoms with Gasteiger partial charge in [-0.1, -0.05) is 0 Å². The molecule has 1 aliphatic carbocycles. The Bertz CT molecular complexity index is 1170. The molecule has 3 heterocycles. The maximum atomic E-state index is 13.1. The van der Waals surface area contributed by atoms with Gasteiger partial charge in [-0.15, -0.1) is 11.3 Å². The summed E-state index contributed by atoms with van der Waals surface area (Å²) in [5.41, 5.74) is 1.23. The van der Waals surface area contributed by atoms with Crippen molar-refractivity contribution in [3.63, 3.8) is 0 Å². The van der Waals surface area contributed by atoms with Crippen LogP contribution in [0, 0.1) is 6.92 Å². The molecule has 9 heteroatoms. The number of carbonyl (C=O) groups excluding carboxylic acids is 2. The van der Waals surface area contributed by atoms with E-state index in [1.807, 2.05) is 0 Å². The van der Waals surface area contributed by atoms with Crippen LogP contribution in [-0.4, -0.2) is 28.5 Å². The van der Waals surface area contributed by atoms with E-state index in [1.165, 1.54) is 29.3 Å². The fraction of sp³-hybridized carbons (Fsp3) is 0.368. The zero-order chi connectivity index (χ0) is 20.0. The average molecular weight is 401 g/mol. The van der Waals surface area contributed by atoms with Gasteiger partial charge in [-0.25, -0.2) is 9.78 Å². The number of ether oxygens (including phenoxy) is 1. The number of rotatable bonds is 3. The Morgan fingerprint density at radius 2 is 2.04 bits per heavy atom. The number of thiophene rings is 1. The van der Waals surface area contributed by atoms with Crippen molar-refractivity contribution in [2.75, 3.05) is 12.4 Å². The van der Waals surface area contributed by atoms with Crippen LogP contribution in [-0.2, 0) is 24.6 Å². The predicted molar refractivity (Wildman–Crippen MR) is 104 cm³/mol. The Hall–Kier alpha value is -2.94. The van der Waals surface area contributed by atoms with Crippen LogP contribution in [0.4, 0.5) is 5.00 Å². The maximum absolute atomic E-state index is 13.1. The summed E-state index contributed by atoms with van der Waals surface area (Å²) >= 11 is 1.39. The van der Waals surface area contributed by atoms with Crippen molar-refractivity contribution in [1.29, 1.82) is 0 Å². The Labute approximate surface area is 164 Å². The normalized spacial score (nSPS) is 13.4. The summed E-state index contributed by atoms with van der Waals surface area (Å²) in [6, 6.07) is 0. The number of hydrogen-bond donors (Lipinski definition) is 1. The van der Waals surface area contributed by atoms with E-state index in [4.69, 9.17) is 9.15 Å². The summed E-state index contributed by atoms with van der Waals surface area (Å²) in [4.78, 5) is 43.1. The number of methoxy groups -OCH3 is 1. The minimum absolute atomic E-state index is 0.115. The number of hydrogen-bond acceptors (Lipinski definition) is 7. The first-order chi connectivity index (χ1) is 13.4. The standard InChI is InChI=1S/C19H19N3O5S/c1-9-12(14-16(27-9)20-8-22(2)18(14)24)15(23)21-17-13(19(25)26-3)10-6-4-5-7-11(10)28-17/h8H,4-7H2,1-3H3,(H,21,23). The van der Waals surface area contributed by atoms with Gasteiger partial charge in [0.25, 0.3) is 11.5 Å². The third-order valence-electron chi connectivity index (χ3n) is 4.96. The number of carbonyl (C=O) groups is 2. The number of nitrogens with zero attached hydrogens (tertiary/aromatic N) is 2. The van der Waals surface area contributed by atoms with Crippen molar-refractivity contribution in [3.8, 4) is 0 Å². The zero-order valence-electron chi connectivity index (χ0n) is 15.7. The second-order valence-electron chi connectivity index (χ2n) is 6.73. The van der Waals surface area contributed by atoms with Crippen molar-refractivity contribution in [2.45, 2.75) is 32.6 Å². The van der Waals surface area contributed by atoms with Gasteiger partial charge in [0.15, 0.2) is 0 Å². The molecule has 0 saturated heterocycles. The van der Waals surface area contributed by atoms with E-state index in [-0.39, 0.29) is 22.2 Å². The molecule has 28 heavy (non-hydrogen) atoms. The lowest BCUT2D eigenvalue weighted by Crippen LogP contribution is -2.21. The first-order valence-electron chi connectivity index (χ1n) is 8.91. The third-order valence-corrected chi connectivity index (χ3v) is 6.17. The number of esters is 1. The molecule has 146 valence electrons. The van der Waals surface area contributed by atoms with Gasteiger partial charge in [-0.05, 0) is 38.2 Å². The molecule has 0 unspecified atom stereocenters. The molecule has 4 rings (SSSR count). The van der Waals surface area contributed by atoms with E-state index in [2.05, 4.69) is 10.3 Å². The highest BCUT2D eigenvalue weighted by atomic mass is 32.1. The number of nitrogens with one attached hydrogen (secondary N) is 1. The average Bonchev–Trinajstić information content (AvgIpc) is 3.21. The van der Waals surface area contributed by atoms with Crippen LogP contribution in [0.2, 0.25) is 0 Å². The predicted octanol–water partition coefficient (Wildman–Crippen LogP) is 2.81. The molecule has 1 aliphatic rings. The van der Waals surface area contributed by atoms with Crippen molar-refractivity contribution >= 4 is 39.3 Å². The summed E-state index contributed by atoms with van der Waals surface area (Å²) < 4.78 is 11.7. The van der Waals surface area contributed by atoms with Crippen LogP contribution in [0.1, 0.15) is 49.8 Å². The van der Waals surface area contributed by atoms with Crippen molar-refractivity contribution in [2.24, 2.45) is 7.05 Å². The SMILES string of the molecule is COC(=O)c1c(NC(=O)c2c(C)oc3ncn(C)c(=O)c23)sc2c1CCCC2. The second kappa shape index (κ2) is 6.90. The molecule has 0 atom stereocenters. The third kappa shape index (κ3) is 2.82. The fourth-order valence-corrected chi connectivity index (χ4v) is 4.87. The Morgan fingerprint density at radius 1 is 1.29 bits per heavy atom. The van der Waals surface area contributed by atoms with E-state index < -0.39 is 11.9 Å².